The summed E-state index contributed by atoms with van der Waals surface area (Å²) in [5.41, 5.74) is 2.90. The van der Waals surface area contributed by atoms with E-state index in [9.17, 15) is 4.79 Å². The first-order valence-electron chi connectivity index (χ1n) is 10.0. The van der Waals surface area contributed by atoms with Gasteiger partial charge in [-0.3, -0.25) is 4.90 Å². The van der Waals surface area contributed by atoms with Crippen LogP contribution in [0.15, 0.2) is 18.2 Å². The minimum absolute atomic E-state index is 0.250. The lowest BCUT2D eigenvalue weighted by molar-refractivity contribution is 0.00412. The molecule has 7 heteroatoms. The van der Waals surface area contributed by atoms with E-state index in [2.05, 4.69) is 54.0 Å². The van der Waals surface area contributed by atoms with Crippen LogP contribution >= 0.6 is 22.6 Å². The van der Waals surface area contributed by atoms with Crippen LogP contribution in [0.1, 0.15) is 56.4 Å². The largest absolute Gasteiger partial charge is 0.491 e. The molecule has 0 spiro atoms. The summed E-state index contributed by atoms with van der Waals surface area (Å²) in [6.45, 7) is 13.6. The van der Waals surface area contributed by atoms with Crippen molar-refractivity contribution in [1.82, 2.24) is 14.5 Å². The molecular weight excluding hydrogens is 481 g/mol. The van der Waals surface area contributed by atoms with Gasteiger partial charge < -0.3 is 14.0 Å². The molecule has 1 aliphatic heterocycles. The van der Waals surface area contributed by atoms with Crippen LogP contribution in [-0.2, 0) is 17.7 Å². The highest BCUT2D eigenvalue weighted by atomic mass is 127. The monoisotopic (exact) mass is 511 g/mol. The standard InChI is InChI=1S/C22H30IN3O3/c1-7-18-24-20(23)19-17(13-28-16-9-8-14(2)15(3)12-16)25(10-11-26(18)19)21(27)29-22(4,5)6/h8-9,12,17H,7,10-11,13H2,1-6H3. The second-order valence-electron chi connectivity index (χ2n) is 8.46. The first-order valence-corrected chi connectivity index (χ1v) is 11.1. The maximum absolute atomic E-state index is 12.9. The number of ether oxygens (including phenoxy) is 2. The van der Waals surface area contributed by atoms with Crippen molar-refractivity contribution >= 4 is 28.7 Å². The molecule has 1 amide bonds. The molecule has 0 fully saturated rings. The Morgan fingerprint density at radius 2 is 1.97 bits per heavy atom. The smallest absolute Gasteiger partial charge is 0.411 e. The fourth-order valence-corrected chi connectivity index (χ4v) is 4.45. The molecule has 0 saturated heterocycles. The SMILES string of the molecule is CCc1nc(I)c2n1CCN(C(=O)OC(C)(C)C)C2COc1ccc(C)c(C)c1. The van der Waals surface area contributed by atoms with E-state index in [-0.39, 0.29) is 12.1 Å². The number of nitrogens with zero attached hydrogens (tertiary/aromatic N) is 3. The van der Waals surface area contributed by atoms with E-state index >= 15 is 0 Å². The van der Waals surface area contributed by atoms with Crippen LogP contribution in [0.5, 0.6) is 5.75 Å². The van der Waals surface area contributed by atoms with Gasteiger partial charge in [-0.15, -0.1) is 0 Å². The van der Waals surface area contributed by atoms with Gasteiger partial charge in [0, 0.05) is 19.5 Å². The molecule has 0 bridgehead atoms. The summed E-state index contributed by atoms with van der Waals surface area (Å²) >= 11 is 2.26. The number of halogens is 1. The second kappa shape index (κ2) is 8.53. The molecule has 0 radical (unpaired) electrons. The van der Waals surface area contributed by atoms with Gasteiger partial charge in [0.25, 0.3) is 0 Å². The van der Waals surface area contributed by atoms with Crippen LogP contribution in [-0.4, -0.2) is 39.3 Å². The minimum atomic E-state index is -0.546. The van der Waals surface area contributed by atoms with Gasteiger partial charge in [-0.05, 0) is 80.5 Å². The highest BCUT2D eigenvalue weighted by Gasteiger charge is 2.37. The Morgan fingerprint density at radius 1 is 1.24 bits per heavy atom. The number of carbonyl (C=O) groups is 1. The molecule has 158 valence electrons. The van der Waals surface area contributed by atoms with Gasteiger partial charge in [-0.25, -0.2) is 9.78 Å². The third-order valence-corrected chi connectivity index (χ3v) is 5.92. The lowest BCUT2D eigenvalue weighted by Gasteiger charge is -2.37. The minimum Gasteiger partial charge on any atom is -0.491 e. The summed E-state index contributed by atoms with van der Waals surface area (Å²) in [7, 11) is 0. The van der Waals surface area contributed by atoms with E-state index < -0.39 is 5.60 Å². The molecule has 0 N–H and O–H groups in total. The van der Waals surface area contributed by atoms with Gasteiger partial charge in [-0.1, -0.05) is 13.0 Å². The number of amides is 1. The van der Waals surface area contributed by atoms with Gasteiger partial charge in [0.15, 0.2) is 0 Å². The maximum Gasteiger partial charge on any atom is 0.411 e. The fraction of sp³-hybridized carbons (Fsp3) is 0.545. The molecular formula is C22H30IN3O3. The predicted octanol–water partition coefficient (Wildman–Crippen LogP) is 5.04. The van der Waals surface area contributed by atoms with Crippen LogP contribution in [0.4, 0.5) is 4.79 Å². The number of rotatable bonds is 4. The molecule has 2 heterocycles. The zero-order valence-electron chi connectivity index (χ0n) is 18.1. The van der Waals surface area contributed by atoms with Gasteiger partial charge in [0.05, 0.1) is 5.69 Å². The van der Waals surface area contributed by atoms with Crippen molar-refractivity contribution in [1.29, 1.82) is 0 Å². The Bertz CT molecular complexity index is 901. The summed E-state index contributed by atoms with van der Waals surface area (Å²) in [6.07, 6.45) is 0.542. The normalized spacial score (nSPS) is 16.5. The summed E-state index contributed by atoms with van der Waals surface area (Å²) in [6, 6.07) is 5.82. The van der Waals surface area contributed by atoms with E-state index in [1.165, 1.54) is 11.1 Å². The van der Waals surface area contributed by atoms with E-state index in [0.717, 1.165) is 27.4 Å². The van der Waals surface area contributed by atoms with Crippen molar-refractivity contribution in [2.75, 3.05) is 13.2 Å². The Hall–Kier alpha value is -1.77. The van der Waals surface area contributed by atoms with Crippen LogP contribution in [0.2, 0.25) is 0 Å². The van der Waals surface area contributed by atoms with Crippen molar-refractivity contribution in [2.24, 2.45) is 0 Å². The van der Waals surface area contributed by atoms with Crippen LogP contribution < -0.4 is 4.74 Å². The van der Waals surface area contributed by atoms with Gasteiger partial charge in [0.1, 0.15) is 33.5 Å². The number of hydrogen-bond donors (Lipinski definition) is 0. The molecule has 6 nitrogen and oxygen atoms in total. The van der Waals surface area contributed by atoms with Crippen LogP contribution in [0.25, 0.3) is 0 Å². The molecule has 1 unspecified atom stereocenters. The highest BCUT2D eigenvalue weighted by molar-refractivity contribution is 14.1. The second-order valence-corrected chi connectivity index (χ2v) is 9.48. The Balaban J connectivity index is 1.91. The third kappa shape index (κ3) is 4.87. The van der Waals surface area contributed by atoms with E-state index in [0.29, 0.717) is 19.7 Å². The first-order chi connectivity index (χ1) is 13.6. The molecule has 0 saturated carbocycles. The lowest BCUT2D eigenvalue weighted by atomic mass is 10.1. The molecule has 1 atom stereocenters. The molecule has 2 aromatic rings. The fourth-order valence-electron chi connectivity index (χ4n) is 3.52. The number of aromatic nitrogens is 2. The van der Waals surface area contributed by atoms with E-state index in [1.807, 2.05) is 32.9 Å². The third-order valence-electron chi connectivity index (χ3n) is 5.13. The van der Waals surface area contributed by atoms with Crippen molar-refractivity contribution in [3.63, 3.8) is 0 Å². The molecule has 29 heavy (non-hydrogen) atoms. The molecule has 1 aromatic heterocycles. The van der Waals surface area contributed by atoms with Gasteiger partial charge in [0.2, 0.25) is 0 Å². The number of carbonyl (C=O) groups excluding carboxylic acids is 1. The van der Waals surface area contributed by atoms with Crippen molar-refractivity contribution < 1.29 is 14.3 Å². The summed E-state index contributed by atoms with van der Waals surface area (Å²) in [4.78, 5) is 19.5. The summed E-state index contributed by atoms with van der Waals surface area (Å²) in [5.74, 6) is 1.85. The van der Waals surface area contributed by atoms with Crippen LogP contribution in [0, 0.1) is 17.5 Å². The number of hydrogen-bond acceptors (Lipinski definition) is 4. The first kappa shape index (κ1) is 21.9. The summed E-state index contributed by atoms with van der Waals surface area (Å²) < 4.78 is 15.0. The Labute approximate surface area is 186 Å². The van der Waals surface area contributed by atoms with Gasteiger partial charge >= 0.3 is 6.09 Å². The average molecular weight is 511 g/mol. The highest BCUT2D eigenvalue weighted by Crippen LogP contribution is 2.33. The number of benzene rings is 1. The quantitative estimate of drug-likeness (QED) is 0.540. The van der Waals surface area contributed by atoms with Crippen molar-refractivity contribution in [3.8, 4) is 5.75 Å². The molecule has 3 rings (SSSR count). The Kier molecular flexibility index (Phi) is 6.45. The zero-order chi connectivity index (χ0) is 21.3. The maximum atomic E-state index is 12.9. The van der Waals surface area contributed by atoms with Crippen molar-refractivity contribution in [3.05, 3.63) is 44.5 Å². The van der Waals surface area contributed by atoms with E-state index in [1.54, 1.807) is 4.90 Å². The number of imidazole rings is 1. The predicted molar refractivity (Wildman–Crippen MR) is 121 cm³/mol. The average Bonchev–Trinajstić information content (AvgIpc) is 2.97. The number of fused-ring (bicyclic) bond motifs is 1. The number of aryl methyl sites for hydroxylation is 3. The Morgan fingerprint density at radius 3 is 2.59 bits per heavy atom. The van der Waals surface area contributed by atoms with Crippen LogP contribution in [0.3, 0.4) is 0 Å². The molecule has 0 aliphatic carbocycles. The molecule has 1 aliphatic rings. The lowest BCUT2D eigenvalue weighted by Crippen LogP contribution is -2.46. The zero-order valence-corrected chi connectivity index (χ0v) is 20.2. The molecule has 1 aromatic carbocycles. The topological polar surface area (TPSA) is 56.6 Å². The van der Waals surface area contributed by atoms with Crippen molar-refractivity contribution in [2.45, 2.75) is 66.2 Å². The summed E-state index contributed by atoms with van der Waals surface area (Å²) in [5, 5.41) is 0. The van der Waals surface area contributed by atoms with E-state index in [4.69, 9.17) is 14.5 Å². The van der Waals surface area contributed by atoms with Gasteiger partial charge in [-0.2, -0.15) is 0 Å².